The molecule has 0 bridgehead atoms. The van der Waals surface area contributed by atoms with Crippen molar-refractivity contribution in [1.82, 2.24) is 15.2 Å². The van der Waals surface area contributed by atoms with E-state index in [1.165, 1.54) is 11.6 Å². The average molecular weight is 350 g/mol. The van der Waals surface area contributed by atoms with Gasteiger partial charge >= 0.3 is 0 Å². The lowest BCUT2D eigenvalue weighted by atomic mass is 10.0. The van der Waals surface area contributed by atoms with E-state index < -0.39 is 0 Å². The second-order valence-electron chi connectivity index (χ2n) is 5.22. The molecule has 3 rings (SSSR count). The highest BCUT2D eigenvalue weighted by Crippen LogP contribution is 2.25. The second-order valence-corrected chi connectivity index (χ2v) is 6.07. The molecule has 0 spiro atoms. The first-order chi connectivity index (χ1) is 10.2. The number of benzene rings is 1. The van der Waals surface area contributed by atoms with Gasteiger partial charge in [0.05, 0.1) is 4.47 Å². The molecule has 0 aliphatic carbocycles. The number of nitrogens with zero attached hydrogens (tertiary/aromatic N) is 2. The summed E-state index contributed by atoms with van der Waals surface area (Å²) in [6.45, 7) is 3.69. The van der Waals surface area contributed by atoms with Crippen molar-refractivity contribution in [1.29, 1.82) is 0 Å². The first-order valence-electron chi connectivity index (χ1n) is 7.02. The molecule has 2 heterocycles. The number of aromatic nitrogens is 1. The van der Waals surface area contributed by atoms with Gasteiger partial charge in [-0.15, -0.1) is 0 Å². The van der Waals surface area contributed by atoms with Crippen LogP contribution in [0.25, 0.3) is 0 Å². The van der Waals surface area contributed by atoms with Crippen LogP contribution in [0.1, 0.15) is 17.2 Å². The molecular weight excluding hydrogens is 333 g/mol. The Balaban J connectivity index is 1.79. The first kappa shape index (κ1) is 14.6. The molecule has 5 heteroatoms. The maximum atomic E-state index is 13.3. The maximum Gasteiger partial charge on any atom is 0.137 e. The van der Waals surface area contributed by atoms with Gasteiger partial charge < -0.3 is 5.32 Å². The van der Waals surface area contributed by atoms with E-state index in [1.807, 2.05) is 24.5 Å². The summed E-state index contributed by atoms with van der Waals surface area (Å²) in [5, 5.41) is 3.44. The Morgan fingerprint density at radius 3 is 2.86 bits per heavy atom. The van der Waals surface area contributed by atoms with Crippen molar-refractivity contribution in [2.45, 2.75) is 12.6 Å². The minimum atomic E-state index is -0.218. The minimum Gasteiger partial charge on any atom is -0.314 e. The lowest BCUT2D eigenvalue weighted by Gasteiger charge is -2.36. The van der Waals surface area contributed by atoms with Crippen LogP contribution in [0.2, 0.25) is 0 Å². The number of pyridine rings is 1. The van der Waals surface area contributed by atoms with E-state index in [9.17, 15) is 4.39 Å². The topological polar surface area (TPSA) is 28.2 Å². The van der Waals surface area contributed by atoms with E-state index in [-0.39, 0.29) is 5.82 Å². The number of hydrogen-bond donors (Lipinski definition) is 1. The lowest BCUT2D eigenvalue weighted by molar-refractivity contribution is 0.153. The van der Waals surface area contributed by atoms with E-state index >= 15 is 0 Å². The third kappa shape index (κ3) is 3.48. The Hall–Kier alpha value is -1.30. The molecular formula is C16H17BrFN3. The van der Waals surface area contributed by atoms with Gasteiger partial charge in [0.1, 0.15) is 5.82 Å². The van der Waals surface area contributed by atoms with Crippen LogP contribution in [0.15, 0.2) is 47.2 Å². The van der Waals surface area contributed by atoms with Crippen molar-refractivity contribution in [2.24, 2.45) is 0 Å². The molecule has 1 aromatic carbocycles. The van der Waals surface area contributed by atoms with E-state index in [1.54, 1.807) is 0 Å². The fraction of sp³-hybridized carbons (Fsp3) is 0.312. The quantitative estimate of drug-likeness (QED) is 0.922. The van der Waals surface area contributed by atoms with Crippen LogP contribution in [0.4, 0.5) is 4.39 Å². The number of hydrogen-bond acceptors (Lipinski definition) is 3. The molecule has 3 nitrogen and oxygen atoms in total. The van der Waals surface area contributed by atoms with E-state index in [0.717, 1.165) is 31.7 Å². The largest absolute Gasteiger partial charge is 0.314 e. The monoisotopic (exact) mass is 349 g/mol. The Kier molecular flexibility index (Phi) is 4.63. The molecule has 0 saturated carbocycles. The van der Waals surface area contributed by atoms with Crippen LogP contribution >= 0.6 is 15.9 Å². The van der Waals surface area contributed by atoms with Crippen molar-refractivity contribution in [3.05, 3.63) is 64.1 Å². The summed E-state index contributed by atoms with van der Waals surface area (Å²) in [4.78, 5) is 6.51. The molecule has 0 amide bonds. The molecule has 21 heavy (non-hydrogen) atoms. The van der Waals surface area contributed by atoms with Gasteiger partial charge in [-0.05, 0) is 51.3 Å². The summed E-state index contributed by atoms with van der Waals surface area (Å²) < 4.78 is 13.9. The van der Waals surface area contributed by atoms with Gasteiger partial charge in [0, 0.05) is 44.6 Å². The molecule has 110 valence electrons. The number of rotatable bonds is 3. The van der Waals surface area contributed by atoms with Gasteiger partial charge in [-0.3, -0.25) is 9.88 Å². The SMILES string of the molecule is Fc1ccc(CN2CCNCC2c2ccncc2)cc1Br. The molecule has 1 aromatic heterocycles. The summed E-state index contributed by atoms with van der Waals surface area (Å²) in [7, 11) is 0. The van der Waals surface area contributed by atoms with Crippen LogP contribution in [0.3, 0.4) is 0 Å². The fourth-order valence-corrected chi connectivity index (χ4v) is 3.15. The third-order valence-electron chi connectivity index (χ3n) is 3.81. The van der Waals surface area contributed by atoms with Crippen LogP contribution in [0.5, 0.6) is 0 Å². The van der Waals surface area contributed by atoms with Crippen molar-refractivity contribution >= 4 is 15.9 Å². The van der Waals surface area contributed by atoms with Crippen LogP contribution in [0, 0.1) is 5.82 Å². The predicted molar refractivity (Wildman–Crippen MR) is 84.4 cm³/mol. The van der Waals surface area contributed by atoms with Gasteiger partial charge in [0.15, 0.2) is 0 Å². The molecule has 1 atom stereocenters. The van der Waals surface area contributed by atoms with Crippen LogP contribution in [-0.4, -0.2) is 29.5 Å². The zero-order chi connectivity index (χ0) is 14.7. The van der Waals surface area contributed by atoms with Gasteiger partial charge in [0.2, 0.25) is 0 Å². The van der Waals surface area contributed by atoms with Gasteiger partial charge in [-0.2, -0.15) is 0 Å². The molecule has 0 radical (unpaired) electrons. The number of halogens is 2. The smallest absolute Gasteiger partial charge is 0.137 e. The zero-order valence-corrected chi connectivity index (χ0v) is 13.2. The number of nitrogens with one attached hydrogen (secondary N) is 1. The minimum absolute atomic E-state index is 0.218. The maximum absolute atomic E-state index is 13.3. The summed E-state index contributed by atoms with van der Waals surface area (Å²) >= 11 is 3.26. The highest BCUT2D eigenvalue weighted by molar-refractivity contribution is 9.10. The lowest BCUT2D eigenvalue weighted by Crippen LogP contribution is -2.45. The fourth-order valence-electron chi connectivity index (χ4n) is 2.72. The highest BCUT2D eigenvalue weighted by atomic mass is 79.9. The zero-order valence-electron chi connectivity index (χ0n) is 11.6. The predicted octanol–water partition coefficient (Wildman–Crippen LogP) is 3.13. The van der Waals surface area contributed by atoms with E-state index in [4.69, 9.17) is 0 Å². The molecule has 1 aliphatic rings. The molecule has 1 unspecified atom stereocenters. The number of piperazine rings is 1. The van der Waals surface area contributed by atoms with E-state index in [2.05, 4.69) is 43.3 Å². The summed E-state index contributed by atoms with van der Waals surface area (Å²) in [5.41, 5.74) is 2.38. The summed E-state index contributed by atoms with van der Waals surface area (Å²) in [5.74, 6) is -0.218. The standard InChI is InChI=1S/C16H17BrFN3/c17-14-9-12(1-2-15(14)18)11-21-8-7-20-10-16(21)13-3-5-19-6-4-13/h1-6,9,16,20H,7-8,10-11H2. The molecule has 1 fully saturated rings. The molecule has 1 aliphatic heterocycles. The Morgan fingerprint density at radius 2 is 2.10 bits per heavy atom. The van der Waals surface area contributed by atoms with Crippen LogP contribution in [-0.2, 0) is 6.54 Å². The van der Waals surface area contributed by atoms with Gasteiger partial charge in [-0.1, -0.05) is 6.07 Å². The third-order valence-corrected chi connectivity index (χ3v) is 4.42. The van der Waals surface area contributed by atoms with Crippen molar-refractivity contribution in [2.75, 3.05) is 19.6 Å². The highest BCUT2D eigenvalue weighted by Gasteiger charge is 2.23. The molecule has 1 N–H and O–H groups in total. The molecule has 1 saturated heterocycles. The van der Waals surface area contributed by atoms with Crippen molar-refractivity contribution < 1.29 is 4.39 Å². The summed E-state index contributed by atoms with van der Waals surface area (Å²) in [6, 6.07) is 9.68. The second kappa shape index (κ2) is 6.64. The van der Waals surface area contributed by atoms with Gasteiger partial charge in [-0.25, -0.2) is 4.39 Å². The average Bonchev–Trinajstić information content (AvgIpc) is 2.52. The van der Waals surface area contributed by atoms with Crippen molar-refractivity contribution in [3.63, 3.8) is 0 Å². The van der Waals surface area contributed by atoms with Crippen molar-refractivity contribution in [3.8, 4) is 0 Å². The summed E-state index contributed by atoms with van der Waals surface area (Å²) in [6.07, 6.45) is 3.66. The normalized spacial score (nSPS) is 19.6. The first-order valence-corrected chi connectivity index (χ1v) is 7.82. The van der Waals surface area contributed by atoms with Gasteiger partial charge in [0.25, 0.3) is 0 Å². The van der Waals surface area contributed by atoms with E-state index in [0.29, 0.717) is 10.5 Å². The Morgan fingerprint density at radius 1 is 1.29 bits per heavy atom. The molecule has 2 aromatic rings. The van der Waals surface area contributed by atoms with Crippen LogP contribution < -0.4 is 5.32 Å². The Bertz CT molecular complexity index is 606. The Labute approximate surface area is 132 Å².